The Kier molecular flexibility index (Phi) is 5.86. The van der Waals surface area contributed by atoms with Gasteiger partial charge < -0.3 is 14.5 Å². The van der Waals surface area contributed by atoms with Crippen molar-refractivity contribution < 1.29 is 13.9 Å². The van der Waals surface area contributed by atoms with Crippen molar-refractivity contribution in [2.75, 3.05) is 12.4 Å². The normalized spacial score (nSPS) is 11.0. The van der Waals surface area contributed by atoms with Crippen LogP contribution < -0.4 is 10.1 Å². The van der Waals surface area contributed by atoms with Gasteiger partial charge in [0.1, 0.15) is 11.3 Å². The fourth-order valence-electron chi connectivity index (χ4n) is 3.04. The zero-order valence-corrected chi connectivity index (χ0v) is 19.9. The number of aromatic nitrogens is 1. The summed E-state index contributed by atoms with van der Waals surface area (Å²) in [5.41, 5.74) is 4.05. The zero-order valence-electron chi connectivity index (χ0n) is 15.9. The molecule has 0 bridgehead atoms. The van der Waals surface area contributed by atoms with E-state index in [9.17, 15) is 4.79 Å². The summed E-state index contributed by atoms with van der Waals surface area (Å²) < 4.78 is 12.7. The number of rotatable bonds is 4. The highest BCUT2D eigenvalue weighted by atomic mass is 79.9. The molecule has 4 aromatic rings. The number of carbonyl (C=O) groups is 1. The van der Waals surface area contributed by atoms with Crippen LogP contribution in [0.15, 0.2) is 61.9 Å². The van der Waals surface area contributed by atoms with Crippen molar-refractivity contribution in [2.24, 2.45) is 0 Å². The molecule has 0 aliphatic heterocycles. The van der Waals surface area contributed by atoms with E-state index in [1.807, 2.05) is 25.1 Å². The summed E-state index contributed by atoms with van der Waals surface area (Å²) in [6.45, 7) is 1.99. The van der Waals surface area contributed by atoms with Gasteiger partial charge in [0.05, 0.1) is 27.9 Å². The Hall–Kier alpha value is -2.35. The Balaban J connectivity index is 1.69. The van der Waals surface area contributed by atoms with Crippen molar-refractivity contribution in [3.05, 3.63) is 73.6 Å². The van der Waals surface area contributed by atoms with Crippen LogP contribution in [0.1, 0.15) is 15.9 Å². The van der Waals surface area contributed by atoms with Gasteiger partial charge in [-0.15, -0.1) is 0 Å². The highest BCUT2D eigenvalue weighted by Crippen LogP contribution is 2.35. The largest absolute Gasteiger partial charge is 0.495 e. The summed E-state index contributed by atoms with van der Waals surface area (Å²) in [6.07, 6.45) is 0. The van der Waals surface area contributed by atoms with Gasteiger partial charge >= 0.3 is 0 Å². The quantitative estimate of drug-likeness (QED) is 0.291. The smallest absolute Gasteiger partial charge is 0.259 e. The van der Waals surface area contributed by atoms with Crippen molar-refractivity contribution in [3.8, 4) is 17.2 Å². The molecule has 5 nitrogen and oxygen atoms in total. The van der Waals surface area contributed by atoms with Gasteiger partial charge in [0.2, 0.25) is 5.89 Å². The van der Waals surface area contributed by atoms with E-state index in [1.165, 1.54) is 7.11 Å². The number of hydrogen-bond acceptors (Lipinski definition) is 4. The van der Waals surface area contributed by atoms with Crippen molar-refractivity contribution in [1.82, 2.24) is 4.98 Å². The third-order valence-corrected chi connectivity index (χ3v) is 5.84. The average Bonchev–Trinajstić information content (AvgIpc) is 3.12. The number of fused-ring (bicyclic) bond motifs is 1. The molecule has 0 saturated carbocycles. The molecule has 152 valence electrons. The predicted molar refractivity (Wildman–Crippen MR) is 126 cm³/mol. The molecule has 0 radical (unpaired) electrons. The number of halogens is 3. The molecule has 0 atom stereocenters. The van der Waals surface area contributed by atoms with Gasteiger partial charge in [-0.1, -0.05) is 33.6 Å². The minimum atomic E-state index is -0.360. The van der Waals surface area contributed by atoms with Gasteiger partial charge in [-0.2, -0.15) is 0 Å². The Bertz CT molecular complexity index is 1290. The molecular weight excluding hydrogens is 536 g/mol. The molecule has 3 aromatic carbocycles. The minimum absolute atomic E-state index is 0.359. The third kappa shape index (κ3) is 4.10. The van der Waals surface area contributed by atoms with E-state index in [-0.39, 0.29) is 5.91 Å². The van der Waals surface area contributed by atoms with E-state index in [0.29, 0.717) is 43.5 Å². The molecule has 0 aliphatic rings. The molecule has 0 saturated heterocycles. The number of benzene rings is 3. The van der Waals surface area contributed by atoms with Crippen LogP contribution in [-0.4, -0.2) is 18.0 Å². The Morgan fingerprint density at radius 3 is 2.70 bits per heavy atom. The number of aryl methyl sites for hydroxylation is 1. The van der Waals surface area contributed by atoms with Crippen LogP contribution in [-0.2, 0) is 0 Å². The monoisotopic (exact) mass is 548 g/mol. The van der Waals surface area contributed by atoms with Crippen molar-refractivity contribution >= 4 is 66.2 Å². The number of ether oxygens (including phenoxy) is 1. The number of anilines is 1. The van der Waals surface area contributed by atoms with E-state index >= 15 is 0 Å². The summed E-state index contributed by atoms with van der Waals surface area (Å²) in [7, 11) is 1.51. The molecule has 0 spiro atoms. The van der Waals surface area contributed by atoms with Crippen molar-refractivity contribution in [1.29, 1.82) is 0 Å². The maximum absolute atomic E-state index is 12.9. The number of amides is 1. The van der Waals surface area contributed by atoms with Crippen molar-refractivity contribution in [3.63, 3.8) is 0 Å². The molecule has 0 fully saturated rings. The average molecular weight is 551 g/mol. The molecule has 1 aromatic heterocycles. The first-order chi connectivity index (χ1) is 14.4. The number of oxazole rings is 1. The fraction of sp³-hybridized carbons (Fsp3) is 0.0909. The highest BCUT2D eigenvalue weighted by molar-refractivity contribution is 9.11. The number of hydrogen-bond donors (Lipinski definition) is 1. The maximum Gasteiger partial charge on any atom is 0.259 e. The summed E-state index contributed by atoms with van der Waals surface area (Å²) >= 11 is 13.1. The van der Waals surface area contributed by atoms with Gasteiger partial charge in [0, 0.05) is 10.0 Å². The topological polar surface area (TPSA) is 64.4 Å². The van der Waals surface area contributed by atoms with Crippen LogP contribution >= 0.6 is 43.5 Å². The van der Waals surface area contributed by atoms with Crippen LogP contribution in [0.4, 0.5) is 5.69 Å². The van der Waals surface area contributed by atoms with Gasteiger partial charge in [0.15, 0.2) is 5.58 Å². The van der Waals surface area contributed by atoms with Crippen LogP contribution in [0.5, 0.6) is 5.75 Å². The number of nitrogens with one attached hydrogen (secondary N) is 1. The maximum atomic E-state index is 12.9. The summed E-state index contributed by atoms with van der Waals surface area (Å²) in [4.78, 5) is 17.5. The van der Waals surface area contributed by atoms with E-state index in [0.717, 1.165) is 15.6 Å². The zero-order chi connectivity index (χ0) is 21.4. The molecule has 1 heterocycles. The van der Waals surface area contributed by atoms with E-state index < -0.39 is 0 Å². The summed E-state index contributed by atoms with van der Waals surface area (Å²) in [6, 6.07) is 14.5. The molecule has 8 heteroatoms. The summed E-state index contributed by atoms with van der Waals surface area (Å²) in [5.74, 6) is 0.518. The molecule has 30 heavy (non-hydrogen) atoms. The first kappa shape index (κ1) is 20.9. The lowest BCUT2D eigenvalue weighted by atomic mass is 10.1. The molecule has 0 aliphatic carbocycles. The van der Waals surface area contributed by atoms with Crippen molar-refractivity contribution in [2.45, 2.75) is 6.92 Å². The van der Waals surface area contributed by atoms with Crippen LogP contribution in [0, 0.1) is 6.92 Å². The number of nitrogens with zero attached hydrogens (tertiary/aromatic N) is 1. The molecule has 0 unspecified atom stereocenters. The summed E-state index contributed by atoms with van der Waals surface area (Å²) in [5, 5.41) is 3.24. The number of methoxy groups -OCH3 is 1. The number of carbonyl (C=O) groups excluding carboxylic acids is 1. The van der Waals surface area contributed by atoms with Crippen LogP contribution in [0.3, 0.4) is 0 Å². The van der Waals surface area contributed by atoms with E-state index in [2.05, 4.69) is 42.2 Å². The SMILES string of the molecule is COc1c(Br)cc(Br)cc1C(=O)Nc1cc(-c2nc3ccc(C)cc3o2)ccc1Cl. The lowest BCUT2D eigenvalue weighted by Crippen LogP contribution is -2.14. The molecule has 4 rings (SSSR count). The first-order valence-corrected chi connectivity index (χ1v) is 10.8. The lowest BCUT2D eigenvalue weighted by molar-refractivity contribution is 0.102. The lowest BCUT2D eigenvalue weighted by Gasteiger charge is -2.13. The third-order valence-electron chi connectivity index (χ3n) is 4.46. The first-order valence-electron chi connectivity index (χ1n) is 8.87. The van der Waals surface area contributed by atoms with Gasteiger partial charge in [-0.3, -0.25) is 4.79 Å². The van der Waals surface area contributed by atoms with Gasteiger partial charge in [0.25, 0.3) is 5.91 Å². The fourth-order valence-corrected chi connectivity index (χ4v) is 4.59. The van der Waals surface area contributed by atoms with Crippen LogP contribution in [0.2, 0.25) is 5.02 Å². The van der Waals surface area contributed by atoms with E-state index in [1.54, 1.807) is 30.3 Å². The second-order valence-corrected chi connectivity index (χ2v) is 8.78. The second-order valence-electron chi connectivity index (χ2n) is 6.61. The Morgan fingerprint density at radius 1 is 1.13 bits per heavy atom. The predicted octanol–water partition coefficient (Wildman–Crippen LogP) is 7.24. The Labute approximate surface area is 194 Å². The van der Waals surface area contributed by atoms with Crippen LogP contribution in [0.25, 0.3) is 22.6 Å². The highest BCUT2D eigenvalue weighted by Gasteiger charge is 2.18. The van der Waals surface area contributed by atoms with Gasteiger partial charge in [-0.05, 0) is 70.9 Å². The minimum Gasteiger partial charge on any atom is -0.495 e. The second kappa shape index (κ2) is 8.41. The molecular formula is C22H15Br2ClN2O3. The Morgan fingerprint density at radius 2 is 1.93 bits per heavy atom. The standard InChI is InChI=1S/C22H15Br2ClN2O3/c1-11-3-6-17-19(7-11)30-22(27-17)12-4-5-16(25)18(8-12)26-21(28)14-9-13(23)10-15(24)20(14)29-2/h3-10H,1-2H3,(H,26,28). The molecule has 1 amide bonds. The van der Waals surface area contributed by atoms with Gasteiger partial charge in [-0.25, -0.2) is 4.98 Å². The van der Waals surface area contributed by atoms with E-state index in [4.69, 9.17) is 20.8 Å². The molecule has 1 N–H and O–H groups in total.